The minimum atomic E-state index is -0.0791. The molecule has 104 valence electrons. The van der Waals surface area contributed by atoms with Crippen LogP contribution in [0.1, 0.15) is 49.1 Å². The molecule has 1 atom stereocenters. The minimum absolute atomic E-state index is 0.0324. The highest BCUT2D eigenvalue weighted by Gasteiger charge is 2.34. The number of benzene rings is 1. The molecule has 2 heteroatoms. The Balaban J connectivity index is 2.28. The molecule has 1 aromatic heterocycles. The molecule has 0 N–H and O–H groups in total. The van der Waals surface area contributed by atoms with Crippen LogP contribution in [-0.4, -0.2) is 4.98 Å². The van der Waals surface area contributed by atoms with Gasteiger partial charge in [0.05, 0.1) is 0 Å². The van der Waals surface area contributed by atoms with Gasteiger partial charge in [0.25, 0.3) is 0 Å². The third-order valence-electron chi connectivity index (χ3n) is 4.18. The fraction of sp³-hybridized carbons (Fsp3) is 0.389. The first-order chi connectivity index (χ1) is 9.48. The van der Waals surface area contributed by atoms with Crippen LogP contribution in [-0.2, 0) is 12.8 Å². The smallest absolute Gasteiger partial charge is 0.126 e. The number of fused-ring (bicyclic) bond motifs is 2. The maximum Gasteiger partial charge on any atom is 0.126 e. The zero-order valence-electron chi connectivity index (χ0n) is 12.3. The molecule has 0 radical (unpaired) electrons. The third-order valence-corrected chi connectivity index (χ3v) is 4.18. The number of hydrogen-bond acceptors (Lipinski definition) is 1. The maximum atomic E-state index is 14.2. The predicted octanol–water partition coefficient (Wildman–Crippen LogP) is 4.50. The Bertz CT molecular complexity index is 640. The zero-order valence-corrected chi connectivity index (χ0v) is 12.3. The van der Waals surface area contributed by atoms with Crippen LogP contribution in [0.15, 0.2) is 36.5 Å². The molecule has 1 nitrogen and oxygen atoms in total. The molecule has 0 spiro atoms. The number of pyridine rings is 1. The van der Waals surface area contributed by atoms with Crippen molar-refractivity contribution in [2.45, 2.75) is 39.5 Å². The number of aryl methyl sites for hydroxylation is 1. The molecule has 1 aliphatic rings. The van der Waals surface area contributed by atoms with Crippen LogP contribution in [0.3, 0.4) is 0 Å². The van der Waals surface area contributed by atoms with Gasteiger partial charge in [-0.1, -0.05) is 39.0 Å². The Morgan fingerprint density at radius 2 is 1.80 bits per heavy atom. The normalized spacial score (nSPS) is 18.1. The summed E-state index contributed by atoms with van der Waals surface area (Å²) in [5, 5.41) is 0. The van der Waals surface area contributed by atoms with Gasteiger partial charge in [0.1, 0.15) is 5.82 Å². The van der Waals surface area contributed by atoms with E-state index < -0.39 is 0 Å². The van der Waals surface area contributed by atoms with Crippen LogP contribution in [0, 0.1) is 11.2 Å². The molecule has 0 bridgehead atoms. The molecule has 1 aromatic carbocycles. The van der Waals surface area contributed by atoms with Crippen molar-refractivity contribution in [3.63, 3.8) is 0 Å². The van der Waals surface area contributed by atoms with Crippen LogP contribution in [0.5, 0.6) is 0 Å². The maximum absolute atomic E-state index is 14.2. The highest BCUT2D eigenvalue weighted by molar-refractivity contribution is 5.44. The second-order valence-electron chi connectivity index (χ2n) is 6.65. The van der Waals surface area contributed by atoms with Gasteiger partial charge in [-0.3, -0.25) is 4.98 Å². The van der Waals surface area contributed by atoms with E-state index in [4.69, 9.17) is 0 Å². The Morgan fingerprint density at radius 1 is 1.05 bits per heavy atom. The predicted molar refractivity (Wildman–Crippen MR) is 79.3 cm³/mol. The number of halogens is 1. The topological polar surface area (TPSA) is 12.9 Å². The number of aromatic nitrogens is 1. The molecule has 0 amide bonds. The van der Waals surface area contributed by atoms with Crippen LogP contribution in [0.4, 0.5) is 4.39 Å². The Morgan fingerprint density at radius 3 is 2.55 bits per heavy atom. The average molecular weight is 269 g/mol. The Labute approximate surface area is 119 Å². The quantitative estimate of drug-likeness (QED) is 0.686. The van der Waals surface area contributed by atoms with E-state index in [1.54, 1.807) is 6.07 Å². The fourth-order valence-corrected chi connectivity index (χ4v) is 3.38. The first-order valence-electron chi connectivity index (χ1n) is 7.19. The highest BCUT2D eigenvalue weighted by atomic mass is 19.1. The van der Waals surface area contributed by atoms with E-state index in [0.717, 1.165) is 29.7 Å². The zero-order chi connectivity index (χ0) is 14.3. The lowest BCUT2D eigenvalue weighted by atomic mass is 9.72. The summed E-state index contributed by atoms with van der Waals surface area (Å²) in [5.41, 5.74) is 4.40. The summed E-state index contributed by atoms with van der Waals surface area (Å²) in [6, 6.07) is 9.62. The summed E-state index contributed by atoms with van der Waals surface area (Å²) < 4.78 is 14.2. The van der Waals surface area contributed by atoms with Gasteiger partial charge in [0.2, 0.25) is 0 Å². The average Bonchev–Trinajstić information content (AvgIpc) is 2.55. The van der Waals surface area contributed by atoms with E-state index in [2.05, 4.69) is 37.9 Å². The monoisotopic (exact) mass is 269 g/mol. The summed E-state index contributed by atoms with van der Waals surface area (Å²) in [5.74, 6) is 0.115. The molecule has 2 aromatic rings. The Kier molecular flexibility index (Phi) is 3.12. The summed E-state index contributed by atoms with van der Waals surface area (Å²) in [7, 11) is 0. The molecule has 3 rings (SSSR count). The summed E-state index contributed by atoms with van der Waals surface area (Å²) in [6.45, 7) is 6.65. The van der Waals surface area contributed by atoms with Crippen molar-refractivity contribution in [2.75, 3.05) is 0 Å². The molecule has 1 aliphatic carbocycles. The van der Waals surface area contributed by atoms with Gasteiger partial charge in [-0.2, -0.15) is 0 Å². The van der Waals surface area contributed by atoms with E-state index in [9.17, 15) is 4.39 Å². The molecule has 0 fully saturated rings. The summed E-state index contributed by atoms with van der Waals surface area (Å²) in [6.07, 6.45) is 3.39. The van der Waals surface area contributed by atoms with Gasteiger partial charge in [-0.15, -0.1) is 0 Å². The number of hydrogen-bond donors (Lipinski definition) is 0. The van der Waals surface area contributed by atoms with E-state index in [1.807, 2.05) is 18.3 Å². The molecule has 20 heavy (non-hydrogen) atoms. The van der Waals surface area contributed by atoms with E-state index >= 15 is 0 Å². The van der Waals surface area contributed by atoms with Crippen molar-refractivity contribution < 1.29 is 4.39 Å². The molecule has 1 unspecified atom stereocenters. The minimum Gasteiger partial charge on any atom is -0.261 e. The van der Waals surface area contributed by atoms with Crippen molar-refractivity contribution in [1.29, 1.82) is 0 Å². The Hall–Kier alpha value is -1.70. The first-order valence-corrected chi connectivity index (χ1v) is 7.19. The van der Waals surface area contributed by atoms with Gasteiger partial charge in [0.15, 0.2) is 0 Å². The first kappa shape index (κ1) is 13.3. The van der Waals surface area contributed by atoms with Crippen molar-refractivity contribution in [2.24, 2.45) is 5.41 Å². The fourth-order valence-electron chi connectivity index (χ4n) is 3.38. The van der Waals surface area contributed by atoms with Crippen molar-refractivity contribution in [3.8, 4) is 0 Å². The van der Waals surface area contributed by atoms with Gasteiger partial charge in [0, 0.05) is 17.8 Å². The third kappa shape index (κ3) is 2.13. The van der Waals surface area contributed by atoms with Gasteiger partial charge in [-0.05, 0) is 47.1 Å². The standard InChI is InChI=1S/C18H20FN/c1-18(2,3)17-13-6-4-8-15(19)12(13)9-10-16-14(17)7-5-11-20-16/h4-8,11,17H,9-10H2,1-3H3. The van der Waals surface area contributed by atoms with E-state index in [1.165, 1.54) is 5.56 Å². The van der Waals surface area contributed by atoms with Gasteiger partial charge in [-0.25, -0.2) is 4.39 Å². The highest BCUT2D eigenvalue weighted by Crippen LogP contribution is 2.45. The second-order valence-corrected chi connectivity index (χ2v) is 6.65. The van der Waals surface area contributed by atoms with Crippen LogP contribution >= 0.6 is 0 Å². The summed E-state index contributed by atoms with van der Waals surface area (Å²) >= 11 is 0. The largest absolute Gasteiger partial charge is 0.261 e. The number of nitrogens with zero attached hydrogens (tertiary/aromatic N) is 1. The molecule has 0 saturated heterocycles. The van der Waals surface area contributed by atoms with E-state index in [0.29, 0.717) is 0 Å². The lowest BCUT2D eigenvalue weighted by molar-refractivity contribution is 0.356. The molecule has 1 heterocycles. The molecule has 0 aliphatic heterocycles. The van der Waals surface area contributed by atoms with E-state index in [-0.39, 0.29) is 17.2 Å². The summed E-state index contributed by atoms with van der Waals surface area (Å²) in [4.78, 5) is 4.53. The SMILES string of the molecule is CC(C)(C)C1c2cccnc2CCc2c(F)cccc21. The van der Waals surface area contributed by atoms with Crippen molar-refractivity contribution in [3.05, 3.63) is 64.7 Å². The van der Waals surface area contributed by atoms with Gasteiger partial charge < -0.3 is 0 Å². The van der Waals surface area contributed by atoms with Crippen LogP contribution in [0.2, 0.25) is 0 Å². The lowest BCUT2D eigenvalue weighted by Gasteiger charge is -2.32. The van der Waals surface area contributed by atoms with Gasteiger partial charge >= 0.3 is 0 Å². The van der Waals surface area contributed by atoms with Crippen molar-refractivity contribution in [1.82, 2.24) is 4.98 Å². The molecular weight excluding hydrogens is 249 g/mol. The van der Waals surface area contributed by atoms with Crippen molar-refractivity contribution >= 4 is 0 Å². The molecule has 0 saturated carbocycles. The second kappa shape index (κ2) is 4.69. The van der Waals surface area contributed by atoms with Crippen LogP contribution in [0.25, 0.3) is 0 Å². The molecular formula is C18H20FN. The lowest BCUT2D eigenvalue weighted by Crippen LogP contribution is -2.21. The number of rotatable bonds is 0. The van der Waals surface area contributed by atoms with Crippen LogP contribution < -0.4 is 0 Å².